The highest BCUT2D eigenvalue weighted by atomic mass is 16.5. The molecule has 0 bridgehead atoms. The fraction of sp³-hybridized carbons (Fsp3) is 0.400. The van der Waals surface area contributed by atoms with Crippen LogP contribution in [0.1, 0.15) is 41.6 Å². The second-order valence-electron chi connectivity index (χ2n) is 8.24. The highest BCUT2D eigenvalue weighted by Gasteiger charge is 2.29. The molecule has 0 unspecified atom stereocenters. The smallest absolute Gasteiger partial charge is 0.265 e. The average Bonchev–Trinajstić information content (AvgIpc) is 2.84. The van der Waals surface area contributed by atoms with Crippen LogP contribution in [-0.2, 0) is 16.0 Å². The Kier molecular flexibility index (Phi) is 7.04. The highest BCUT2D eigenvalue weighted by Crippen LogP contribution is 2.33. The van der Waals surface area contributed by atoms with Crippen LogP contribution in [0.5, 0.6) is 5.75 Å². The quantitative estimate of drug-likeness (QED) is 0.679. The molecule has 0 saturated carbocycles. The number of hydrogen-bond donors (Lipinski definition) is 1. The van der Waals surface area contributed by atoms with Crippen LogP contribution in [-0.4, -0.2) is 55.4 Å². The average molecular weight is 436 g/mol. The normalized spacial score (nSPS) is 15.7. The molecule has 7 nitrogen and oxygen atoms in total. The molecule has 168 valence electrons. The minimum Gasteiger partial charge on any atom is -0.482 e. The van der Waals surface area contributed by atoms with Crippen molar-refractivity contribution in [2.75, 3.05) is 37.7 Å². The minimum absolute atomic E-state index is 0.0455. The van der Waals surface area contributed by atoms with Crippen LogP contribution < -0.4 is 15.0 Å². The van der Waals surface area contributed by atoms with Gasteiger partial charge in [0.15, 0.2) is 6.61 Å². The van der Waals surface area contributed by atoms with Gasteiger partial charge in [-0.1, -0.05) is 30.3 Å². The summed E-state index contributed by atoms with van der Waals surface area (Å²) in [6, 6.07) is 15.2. The van der Waals surface area contributed by atoms with E-state index < -0.39 is 0 Å². The van der Waals surface area contributed by atoms with Gasteiger partial charge in [0.1, 0.15) is 12.3 Å². The van der Waals surface area contributed by atoms with Gasteiger partial charge in [0.2, 0.25) is 5.91 Å². The number of rotatable bonds is 7. The van der Waals surface area contributed by atoms with Gasteiger partial charge in [-0.25, -0.2) is 0 Å². The van der Waals surface area contributed by atoms with E-state index >= 15 is 0 Å². The molecule has 32 heavy (non-hydrogen) atoms. The molecule has 2 aromatic carbocycles. The Hall–Kier alpha value is -3.35. The lowest BCUT2D eigenvalue weighted by Crippen LogP contribution is -2.45. The van der Waals surface area contributed by atoms with E-state index in [2.05, 4.69) is 17.4 Å². The molecule has 0 atom stereocenters. The minimum atomic E-state index is -0.292. The van der Waals surface area contributed by atoms with E-state index in [1.807, 2.05) is 23.1 Å². The lowest BCUT2D eigenvalue weighted by Gasteiger charge is -2.30. The number of fused-ring (bicyclic) bond motifs is 1. The summed E-state index contributed by atoms with van der Waals surface area (Å²) in [6.45, 7) is 1.82. The molecular formula is C25H29N3O4. The summed E-state index contributed by atoms with van der Waals surface area (Å²) in [6.07, 6.45) is 4.86. The first-order valence-corrected chi connectivity index (χ1v) is 11.3. The summed E-state index contributed by atoms with van der Waals surface area (Å²) in [5.74, 6) is -0.0564. The number of aryl methyl sites for hydroxylation is 1. The summed E-state index contributed by atoms with van der Waals surface area (Å²) in [4.78, 5) is 41.2. The third-order valence-corrected chi connectivity index (χ3v) is 5.90. The van der Waals surface area contributed by atoms with Crippen LogP contribution in [0.2, 0.25) is 0 Å². The number of nitrogens with one attached hydrogen (secondary N) is 1. The van der Waals surface area contributed by atoms with Gasteiger partial charge in [-0.3, -0.25) is 19.3 Å². The zero-order valence-electron chi connectivity index (χ0n) is 18.2. The number of benzene rings is 2. The predicted octanol–water partition coefficient (Wildman–Crippen LogP) is 2.79. The van der Waals surface area contributed by atoms with Crippen LogP contribution in [0.15, 0.2) is 48.5 Å². The fourth-order valence-corrected chi connectivity index (χ4v) is 4.15. The zero-order valence-corrected chi connectivity index (χ0v) is 18.2. The molecule has 4 rings (SSSR count). The second-order valence-corrected chi connectivity index (χ2v) is 8.24. The van der Waals surface area contributed by atoms with Gasteiger partial charge in [0, 0.05) is 25.2 Å². The van der Waals surface area contributed by atoms with E-state index in [1.165, 1.54) is 10.5 Å². The largest absolute Gasteiger partial charge is 0.482 e. The lowest BCUT2D eigenvalue weighted by molar-refractivity contribution is -0.125. The zero-order chi connectivity index (χ0) is 22.3. The number of ether oxygens (including phenoxy) is 1. The van der Waals surface area contributed by atoms with E-state index in [9.17, 15) is 14.4 Å². The Morgan fingerprint density at radius 2 is 1.78 bits per heavy atom. The molecule has 0 spiro atoms. The molecule has 3 amide bonds. The maximum Gasteiger partial charge on any atom is 0.265 e. The molecular weight excluding hydrogens is 406 g/mol. The van der Waals surface area contributed by atoms with E-state index in [1.54, 1.807) is 18.2 Å². The van der Waals surface area contributed by atoms with Gasteiger partial charge >= 0.3 is 0 Å². The molecule has 1 fully saturated rings. The predicted molar refractivity (Wildman–Crippen MR) is 122 cm³/mol. The maximum atomic E-state index is 12.9. The molecule has 2 heterocycles. The molecule has 1 N–H and O–H groups in total. The summed E-state index contributed by atoms with van der Waals surface area (Å²) in [5.41, 5.74) is 2.21. The number of hydrogen-bond acceptors (Lipinski definition) is 4. The number of piperidine rings is 1. The molecule has 2 aliphatic heterocycles. The molecule has 7 heteroatoms. The molecule has 0 aromatic heterocycles. The van der Waals surface area contributed by atoms with Crippen molar-refractivity contribution in [2.45, 2.75) is 32.1 Å². The number of carbonyl (C=O) groups is 3. The summed E-state index contributed by atoms with van der Waals surface area (Å²) < 4.78 is 5.53. The van der Waals surface area contributed by atoms with Crippen molar-refractivity contribution in [3.05, 3.63) is 59.7 Å². The van der Waals surface area contributed by atoms with Crippen molar-refractivity contribution in [3.63, 3.8) is 0 Å². The number of carbonyl (C=O) groups excluding carboxylic acids is 3. The number of anilines is 1. The monoisotopic (exact) mass is 435 g/mol. The van der Waals surface area contributed by atoms with Crippen molar-refractivity contribution in [3.8, 4) is 5.75 Å². The topological polar surface area (TPSA) is 79.0 Å². The van der Waals surface area contributed by atoms with Crippen LogP contribution in [0.4, 0.5) is 5.69 Å². The van der Waals surface area contributed by atoms with Gasteiger partial charge in [-0.15, -0.1) is 0 Å². The van der Waals surface area contributed by atoms with Gasteiger partial charge in [0.25, 0.3) is 11.8 Å². The van der Waals surface area contributed by atoms with Crippen molar-refractivity contribution in [1.82, 2.24) is 10.2 Å². The summed E-state index contributed by atoms with van der Waals surface area (Å²) >= 11 is 0. The van der Waals surface area contributed by atoms with E-state index in [0.717, 1.165) is 45.2 Å². The molecule has 0 radical (unpaired) electrons. The van der Waals surface area contributed by atoms with Gasteiger partial charge in [-0.05, 0) is 55.9 Å². The van der Waals surface area contributed by atoms with E-state index in [-0.39, 0.29) is 30.9 Å². The first-order valence-electron chi connectivity index (χ1n) is 11.3. The number of nitrogens with zero attached hydrogens (tertiary/aromatic N) is 2. The maximum absolute atomic E-state index is 12.9. The Labute approximate surface area is 188 Å². The number of amides is 3. The van der Waals surface area contributed by atoms with Crippen molar-refractivity contribution in [2.24, 2.45) is 0 Å². The van der Waals surface area contributed by atoms with Crippen LogP contribution in [0, 0.1) is 0 Å². The van der Waals surface area contributed by atoms with Gasteiger partial charge in [-0.2, -0.15) is 0 Å². The number of likely N-dealkylation sites (tertiary alicyclic amines) is 1. The molecule has 2 aromatic rings. The Morgan fingerprint density at radius 1 is 1.00 bits per heavy atom. The van der Waals surface area contributed by atoms with Crippen LogP contribution >= 0.6 is 0 Å². The van der Waals surface area contributed by atoms with Crippen LogP contribution in [0.25, 0.3) is 0 Å². The Morgan fingerprint density at radius 3 is 2.56 bits per heavy atom. The lowest BCUT2D eigenvalue weighted by atomic mass is 10.1. The van der Waals surface area contributed by atoms with Crippen molar-refractivity contribution < 1.29 is 19.1 Å². The fourth-order valence-electron chi connectivity index (χ4n) is 4.15. The van der Waals surface area contributed by atoms with E-state index in [4.69, 9.17) is 4.74 Å². The molecule has 0 aliphatic carbocycles. The SMILES string of the molecule is O=C(CN1C(=O)COc2ccc(C(=O)N3CCCCC3)cc21)NCCCc1ccccc1. The van der Waals surface area contributed by atoms with Crippen molar-refractivity contribution >= 4 is 23.4 Å². The molecule has 2 aliphatic rings. The third kappa shape index (κ3) is 5.28. The molecule has 1 saturated heterocycles. The Balaban J connectivity index is 1.38. The third-order valence-electron chi connectivity index (χ3n) is 5.90. The Bertz CT molecular complexity index is 970. The van der Waals surface area contributed by atoms with Gasteiger partial charge in [0.05, 0.1) is 5.69 Å². The highest BCUT2D eigenvalue weighted by molar-refractivity contribution is 6.04. The second kappa shape index (κ2) is 10.3. The van der Waals surface area contributed by atoms with Crippen molar-refractivity contribution in [1.29, 1.82) is 0 Å². The summed E-state index contributed by atoms with van der Waals surface area (Å²) in [7, 11) is 0. The standard InChI is InChI=1S/C25H29N3O4/c29-23(26-13-7-10-19-8-3-1-4-9-19)17-28-21-16-20(11-12-22(21)32-18-24(28)30)25(31)27-14-5-2-6-15-27/h1,3-4,8-9,11-12,16H,2,5-7,10,13-15,17-18H2,(H,26,29). The summed E-state index contributed by atoms with van der Waals surface area (Å²) in [5, 5.41) is 2.89. The first kappa shape index (κ1) is 21.9. The van der Waals surface area contributed by atoms with Gasteiger partial charge < -0.3 is 15.0 Å². The van der Waals surface area contributed by atoms with E-state index in [0.29, 0.717) is 23.5 Å². The van der Waals surface area contributed by atoms with Crippen LogP contribution in [0.3, 0.4) is 0 Å². The first-order chi connectivity index (χ1) is 15.6.